The van der Waals surface area contributed by atoms with Crippen LogP contribution in [-0.2, 0) is 4.79 Å². The second-order valence-corrected chi connectivity index (χ2v) is 4.86. The normalized spacial score (nSPS) is 9.68. The zero-order valence-corrected chi connectivity index (χ0v) is 12.3. The number of benzene rings is 2. The predicted molar refractivity (Wildman–Crippen MR) is 84.6 cm³/mol. The molecule has 2 aromatic carbocycles. The molecule has 5 nitrogen and oxygen atoms in total. The van der Waals surface area contributed by atoms with Gasteiger partial charge in [-0.1, -0.05) is 12.1 Å². The summed E-state index contributed by atoms with van der Waals surface area (Å²) in [6, 6.07) is 13.7. The molecule has 0 saturated heterocycles. The van der Waals surface area contributed by atoms with Gasteiger partial charge in [0.15, 0.2) is 0 Å². The Balaban J connectivity index is 2.24. The first-order valence-electron chi connectivity index (χ1n) is 6.69. The summed E-state index contributed by atoms with van der Waals surface area (Å²) in [7, 11) is 0. The van der Waals surface area contributed by atoms with E-state index in [1.54, 1.807) is 30.3 Å². The van der Waals surface area contributed by atoms with Gasteiger partial charge >= 0.3 is 0 Å². The van der Waals surface area contributed by atoms with Gasteiger partial charge in [-0.05, 0) is 42.8 Å². The molecule has 0 bridgehead atoms. The van der Waals surface area contributed by atoms with Crippen LogP contribution in [0.15, 0.2) is 42.5 Å². The number of nitriles is 1. The van der Waals surface area contributed by atoms with Gasteiger partial charge < -0.3 is 10.6 Å². The number of carbonyl (C=O) groups is 2. The van der Waals surface area contributed by atoms with Crippen LogP contribution in [0.4, 0.5) is 11.4 Å². The molecule has 0 atom stereocenters. The van der Waals surface area contributed by atoms with Gasteiger partial charge in [0, 0.05) is 23.9 Å². The van der Waals surface area contributed by atoms with Crippen molar-refractivity contribution in [3.8, 4) is 6.07 Å². The van der Waals surface area contributed by atoms with Crippen molar-refractivity contribution < 1.29 is 9.59 Å². The van der Waals surface area contributed by atoms with Gasteiger partial charge in [-0.2, -0.15) is 5.26 Å². The molecular formula is C17H15N3O2. The lowest BCUT2D eigenvalue weighted by Gasteiger charge is -2.11. The van der Waals surface area contributed by atoms with Gasteiger partial charge in [-0.3, -0.25) is 9.59 Å². The quantitative estimate of drug-likeness (QED) is 0.912. The molecule has 0 spiro atoms. The second kappa shape index (κ2) is 6.55. The molecule has 0 aliphatic carbocycles. The van der Waals surface area contributed by atoms with Crippen LogP contribution in [0.3, 0.4) is 0 Å². The van der Waals surface area contributed by atoms with E-state index < -0.39 is 0 Å². The van der Waals surface area contributed by atoms with Crippen LogP contribution in [0.25, 0.3) is 0 Å². The number of rotatable bonds is 3. The molecule has 0 heterocycles. The summed E-state index contributed by atoms with van der Waals surface area (Å²) in [5, 5.41) is 14.3. The van der Waals surface area contributed by atoms with E-state index in [1.807, 2.05) is 19.1 Å². The lowest BCUT2D eigenvalue weighted by molar-refractivity contribution is -0.114. The summed E-state index contributed by atoms with van der Waals surface area (Å²) < 4.78 is 0. The number of hydrogen-bond acceptors (Lipinski definition) is 3. The SMILES string of the molecule is CC(=O)Nc1ccc(C)c(NC(=O)c2cccc(C#N)c2)c1. The fraction of sp³-hybridized carbons (Fsp3) is 0.118. The minimum atomic E-state index is -0.305. The first-order chi connectivity index (χ1) is 10.5. The van der Waals surface area contributed by atoms with Crippen molar-refractivity contribution in [2.75, 3.05) is 10.6 Å². The monoisotopic (exact) mass is 293 g/mol. The Kier molecular flexibility index (Phi) is 4.54. The van der Waals surface area contributed by atoms with E-state index in [4.69, 9.17) is 5.26 Å². The molecule has 2 rings (SSSR count). The van der Waals surface area contributed by atoms with E-state index in [2.05, 4.69) is 10.6 Å². The summed E-state index contributed by atoms with van der Waals surface area (Å²) in [6.07, 6.45) is 0. The first-order valence-corrected chi connectivity index (χ1v) is 6.69. The van der Waals surface area contributed by atoms with Gasteiger partial charge in [0.1, 0.15) is 0 Å². The fourth-order valence-electron chi connectivity index (χ4n) is 1.96. The number of carbonyl (C=O) groups excluding carboxylic acids is 2. The highest BCUT2D eigenvalue weighted by Gasteiger charge is 2.09. The Bertz CT molecular complexity index is 776. The van der Waals surface area contributed by atoms with Gasteiger partial charge in [-0.25, -0.2) is 0 Å². The summed E-state index contributed by atoms with van der Waals surface area (Å²) in [5.41, 5.74) is 2.93. The van der Waals surface area contributed by atoms with Gasteiger partial charge in [0.2, 0.25) is 5.91 Å². The smallest absolute Gasteiger partial charge is 0.255 e. The maximum absolute atomic E-state index is 12.3. The average Bonchev–Trinajstić information content (AvgIpc) is 2.50. The minimum Gasteiger partial charge on any atom is -0.326 e. The van der Waals surface area contributed by atoms with E-state index >= 15 is 0 Å². The summed E-state index contributed by atoms with van der Waals surface area (Å²) in [5.74, 6) is -0.483. The number of aryl methyl sites for hydroxylation is 1. The third-order valence-electron chi connectivity index (χ3n) is 3.06. The molecular weight excluding hydrogens is 278 g/mol. The van der Waals surface area contributed by atoms with Gasteiger partial charge in [-0.15, -0.1) is 0 Å². The van der Waals surface area contributed by atoms with E-state index in [9.17, 15) is 9.59 Å². The van der Waals surface area contributed by atoms with Crippen LogP contribution >= 0.6 is 0 Å². The number of amides is 2. The topological polar surface area (TPSA) is 82.0 Å². The van der Waals surface area contributed by atoms with Crippen molar-refractivity contribution in [3.63, 3.8) is 0 Å². The summed E-state index contributed by atoms with van der Waals surface area (Å²) in [4.78, 5) is 23.4. The highest BCUT2D eigenvalue weighted by molar-refractivity contribution is 6.05. The molecule has 0 aliphatic heterocycles. The van der Waals surface area contributed by atoms with Crippen molar-refractivity contribution in [2.24, 2.45) is 0 Å². The van der Waals surface area contributed by atoms with Crippen LogP contribution < -0.4 is 10.6 Å². The van der Waals surface area contributed by atoms with Crippen molar-refractivity contribution in [2.45, 2.75) is 13.8 Å². The Hall–Kier alpha value is -3.13. The predicted octanol–water partition coefficient (Wildman–Crippen LogP) is 3.08. The van der Waals surface area contributed by atoms with E-state index in [0.29, 0.717) is 22.5 Å². The van der Waals surface area contributed by atoms with Gasteiger partial charge in [0.25, 0.3) is 5.91 Å². The van der Waals surface area contributed by atoms with E-state index in [-0.39, 0.29) is 11.8 Å². The number of nitrogens with zero attached hydrogens (tertiary/aromatic N) is 1. The average molecular weight is 293 g/mol. The number of nitrogens with one attached hydrogen (secondary N) is 2. The van der Waals surface area contributed by atoms with Crippen molar-refractivity contribution in [3.05, 3.63) is 59.2 Å². The minimum absolute atomic E-state index is 0.178. The third kappa shape index (κ3) is 3.70. The molecule has 110 valence electrons. The van der Waals surface area contributed by atoms with Crippen LogP contribution in [0.2, 0.25) is 0 Å². The van der Waals surface area contributed by atoms with Crippen LogP contribution in [0.1, 0.15) is 28.4 Å². The fourth-order valence-corrected chi connectivity index (χ4v) is 1.96. The van der Waals surface area contributed by atoms with Crippen molar-refractivity contribution >= 4 is 23.2 Å². The molecule has 2 N–H and O–H groups in total. The van der Waals surface area contributed by atoms with Crippen LogP contribution in [0, 0.1) is 18.3 Å². The van der Waals surface area contributed by atoms with E-state index in [0.717, 1.165) is 5.56 Å². The molecule has 0 saturated carbocycles. The molecule has 22 heavy (non-hydrogen) atoms. The second-order valence-electron chi connectivity index (χ2n) is 4.86. The van der Waals surface area contributed by atoms with Crippen molar-refractivity contribution in [1.29, 1.82) is 5.26 Å². The van der Waals surface area contributed by atoms with Crippen LogP contribution in [-0.4, -0.2) is 11.8 Å². The first kappa shape index (κ1) is 15.3. The Morgan fingerprint density at radius 1 is 1.09 bits per heavy atom. The number of anilines is 2. The highest BCUT2D eigenvalue weighted by atomic mass is 16.2. The number of hydrogen-bond donors (Lipinski definition) is 2. The van der Waals surface area contributed by atoms with Gasteiger partial charge in [0.05, 0.1) is 11.6 Å². The zero-order chi connectivity index (χ0) is 16.1. The third-order valence-corrected chi connectivity index (χ3v) is 3.06. The maximum Gasteiger partial charge on any atom is 0.255 e. The molecule has 5 heteroatoms. The molecule has 2 amide bonds. The highest BCUT2D eigenvalue weighted by Crippen LogP contribution is 2.21. The lowest BCUT2D eigenvalue weighted by Crippen LogP contribution is -2.13. The Morgan fingerprint density at radius 3 is 2.55 bits per heavy atom. The maximum atomic E-state index is 12.3. The summed E-state index contributed by atoms with van der Waals surface area (Å²) >= 11 is 0. The Labute approximate surface area is 128 Å². The molecule has 2 aromatic rings. The van der Waals surface area contributed by atoms with Crippen LogP contribution in [0.5, 0.6) is 0 Å². The lowest BCUT2D eigenvalue weighted by atomic mass is 10.1. The molecule has 0 aromatic heterocycles. The Morgan fingerprint density at radius 2 is 1.86 bits per heavy atom. The molecule has 0 radical (unpaired) electrons. The molecule has 0 unspecified atom stereocenters. The van der Waals surface area contributed by atoms with E-state index in [1.165, 1.54) is 13.0 Å². The standard InChI is InChI=1S/C17H15N3O2/c1-11-6-7-15(19-12(2)21)9-16(11)20-17(22)14-5-3-4-13(8-14)10-18/h3-9H,1-2H3,(H,19,21)(H,20,22). The molecule has 0 fully saturated rings. The zero-order valence-electron chi connectivity index (χ0n) is 12.3. The summed E-state index contributed by atoms with van der Waals surface area (Å²) in [6.45, 7) is 3.28. The van der Waals surface area contributed by atoms with Crippen molar-refractivity contribution in [1.82, 2.24) is 0 Å². The molecule has 0 aliphatic rings. The largest absolute Gasteiger partial charge is 0.326 e.